The molecular weight excluding hydrogens is 500 g/mol. The maximum Gasteiger partial charge on any atom is 0.416 e. The number of rotatable bonds is 7. The molecule has 1 atom stereocenters. The second kappa shape index (κ2) is 10.3. The third kappa shape index (κ3) is 5.63. The van der Waals surface area contributed by atoms with Crippen LogP contribution in [0.5, 0.6) is 0 Å². The van der Waals surface area contributed by atoms with Crippen molar-refractivity contribution < 1.29 is 17.6 Å². The van der Waals surface area contributed by atoms with Gasteiger partial charge >= 0.3 is 6.18 Å². The van der Waals surface area contributed by atoms with E-state index in [1.807, 2.05) is 24.3 Å². The summed E-state index contributed by atoms with van der Waals surface area (Å²) in [4.78, 5) is 9.65. The Kier molecular flexibility index (Phi) is 6.90. The molecular formula is C28H22F4N4S. The molecule has 0 aliphatic carbocycles. The first-order chi connectivity index (χ1) is 17.8. The van der Waals surface area contributed by atoms with Crippen LogP contribution in [0.3, 0.4) is 0 Å². The second-order valence-electron chi connectivity index (χ2n) is 8.65. The van der Waals surface area contributed by atoms with Crippen LogP contribution in [0.2, 0.25) is 0 Å². The molecule has 4 nitrogen and oxygen atoms in total. The maximum absolute atomic E-state index is 14.7. The van der Waals surface area contributed by atoms with E-state index in [-0.39, 0.29) is 11.9 Å². The fraction of sp³-hybridized carbons (Fsp3) is 0.143. The lowest BCUT2D eigenvalue weighted by molar-refractivity contribution is -0.137. The summed E-state index contributed by atoms with van der Waals surface area (Å²) in [5.41, 5.74) is 8.09. The normalized spacial score (nSPS) is 12.6. The van der Waals surface area contributed by atoms with Crippen molar-refractivity contribution in [2.75, 3.05) is 11.9 Å². The molecule has 0 spiro atoms. The standard InChI is InChI=1S/C28H22F4N4S/c29-24-4-2-1-3-23(24)25-26(19-7-8-20-15-34-12-11-18(20)14-19)37-27(36-25)35-16-22(33)13-17-5-9-21(10-6-17)28(30,31)32/h1-12,14-15,22H,13,16,33H2,(H,35,36)/t22-/m1/s1. The number of pyridine rings is 1. The second-order valence-corrected chi connectivity index (χ2v) is 9.65. The summed E-state index contributed by atoms with van der Waals surface area (Å²) < 4.78 is 53.2. The van der Waals surface area contributed by atoms with Gasteiger partial charge in [-0.1, -0.05) is 47.7 Å². The summed E-state index contributed by atoms with van der Waals surface area (Å²) in [5, 5.41) is 5.81. The van der Waals surface area contributed by atoms with Crippen molar-refractivity contribution in [3.05, 3.63) is 102 Å². The van der Waals surface area contributed by atoms with Gasteiger partial charge in [0.05, 0.1) is 16.1 Å². The number of nitrogens with zero attached hydrogens (tertiary/aromatic N) is 2. The van der Waals surface area contributed by atoms with Crippen LogP contribution >= 0.6 is 11.3 Å². The number of anilines is 1. The third-order valence-corrected chi connectivity index (χ3v) is 7.02. The van der Waals surface area contributed by atoms with Gasteiger partial charge in [0.25, 0.3) is 0 Å². The highest BCUT2D eigenvalue weighted by molar-refractivity contribution is 7.19. The zero-order valence-corrected chi connectivity index (χ0v) is 20.3. The van der Waals surface area contributed by atoms with Gasteiger partial charge in [-0.25, -0.2) is 9.37 Å². The predicted molar refractivity (Wildman–Crippen MR) is 140 cm³/mol. The van der Waals surface area contributed by atoms with E-state index < -0.39 is 11.7 Å². The quantitative estimate of drug-likeness (QED) is 0.223. The molecule has 3 aromatic carbocycles. The number of thiazole rings is 1. The number of halogens is 4. The van der Waals surface area contributed by atoms with Gasteiger partial charge in [-0.3, -0.25) is 4.98 Å². The van der Waals surface area contributed by atoms with Crippen LogP contribution in [0.25, 0.3) is 32.5 Å². The highest BCUT2D eigenvalue weighted by Gasteiger charge is 2.30. The summed E-state index contributed by atoms with van der Waals surface area (Å²) in [6, 6.07) is 19.0. The summed E-state index contributed by atoms with van der Waals surface area (Å²) >= 11 is 1.39. The lowest BCUT2D eigenvalue weighted by atomic mass is 10.0. The molecule has 0 amide bonds. The van der Waals surface area contributed by atoms with Crippen molar-refractivity contribution in [2.45, 2.75) is 18.6 Å². The number of alkyl halides is 3. The van der Waals surface area contributed by atoms with E-state index in [4.69, 9.17) is 5.73 Å². The first-order valence-corrected chi connectivity index (χ1v) is 12.3. The molecule has 5 aromatic rings. The molecule has 0 bridgehead atoms. The molecule has 2 heterocycles. The monoisotopic (exact) mass is 522 g/mol. The molecule has 0 aliphatic rings. The Bertz CT molecular complexity index is 1530. The van der Waals surface area contributed by atoms with Gasteiger partial charge in [-0.15, -0.1) is 0 Å². The van der Waals surface area contributed by atoms with Crippen LogP contribution in [0, 0.1) is 5.82 Å². The van der Waals surface area contributed by atoms with E-state index in [2.05, 4.69) is 15.3 Å². The Morgan fingerprint density at radius 2 is 1.73 bits per heavy atom. The number of fused-ring (bicyclic) bond motifs is 1. The Labute approximate surface area is 214 Å². The molecule has 9 heteroatoms. The zero-order chi connectivity index (χ0) is 26.0. The molecule has 2 aromatic heterocycles. The van der Waals surface area contributed by atoms with Crippen LogP contribution < -0.4 is 11.1 Å². The van der Waals surface area contributed by atoms with E-state index in [9.17, 15) is 17.6 Å². The predicted octanol–water partition coefficient (Wildman–Crippen LogP) is 7.17. The van der Waals surface area contributed by atoms with Crippen LogP contribution in [0.15, 0.2) is 85.2 Å². The topological polar surface area (TPSA) is 63.8 Å². The highest BCUT2D eigenvalue weighted by Crippen LogP contribution is 2.40. The van der Waals surface area contributed by atoms with E-state index in [1.165, 1.54) is 29.5 Å². The van der Waals surface area contributed by atoms with Gasteiger partial charge in [-0.05, 0) is 59.3 Å². The number of hydrogen-bond acceptors (Lipinski definition) is 5. The van der Waals surface area contributed by atoms with Crippen LogP contribution in [-0.4, -0.2) is 22.6 Å². The van der Waals surface area contributed by atoms with Crippen molar-refractivity contribution in [3.8, 4) is 21.7 Å². The number of nitrogens with one attached hydrogen (secondary N) is 1. The summed E-state index contributed by atoms with van der Waals surface area (Å²) in [5.74, 6) is -0.371. The molecule has 188 valence electrons. The minimum Gasteiger partial charge on any atom is -0.360 e. The van der Waals surface area contributed by atoms with Crippen molar-refractivity contribution in [3.63, 3.8) is 0 Å². The van der Waals surface area contributed by atoms with E-state index >= 15 is 0 Å². The third-order valence-electron chi connectivity index (χ3n) is 5.95. The molecule has 0 aliphatic heterocycles. The smallest absolute Gasteiger partial charge is 0.360 e. The van der Waals surface area contributed by atoms with Crippen molar-refractivity contribution in [1.29, 1.82) is 0 Å². The molecule has 0 fully saturated rings. The van der Waals surface area contributed by atoms with Gasteiger partial charge in [0, 0.05) is 35.9 Å². The summed E-state index contributed by atoms with van der Waals surface area (Å²) in [6.45, 7) is 0.341. The van der Waals surface area contributed by atoms with Crippen molar-refractivity contribution in [1.82, 2.24) is 9.97 Å². The fourth-order valence-electron chi connectivity index (χ4n) is 4.07. The highest BCUT2D eigenvalue weighted by atomic mass is 32.1. The molecule has 5 rings (SSSR count). The number of benzene rings is 3. The van der Waals surface area contributed by atoms with Crippen LogP contribution in [-0.2, 0) is 12.6 Å². The van der Waals surface area contributed by atoms with Crippen LogP contribution in [0.1, 0.15) is 11.1 Å². The number of aromatic nitrogens is 2. The van der Waals surface area contributed by atoms with Gasteiger partial charge in [0.2, 0.25) is 0 Å². The van der Waals surface area contributed by atoms with Crippen molar-refractivity contribution >= 4 is 27.2 Å². The lowest BCUT2D eigenvalue weighted by Crippen LogP contribution is -2.31. The van der Waals surface area contributed by atoms with E-state index in [1.54, 1.807) is 30.6 Å². The minimum absolute atomic E-state index is 0.341. The Morgan fingerprint density at radius 3 is 2.49 bits per heavy atom. The molecule has 0 unspecified atom stereocenters. The molecule has 3 N–H and O–H groups in total. The zero-order valence-electron chi connectivity index (χ0n) is 19.5. The largest absolute Gasteiger partial charge is 0.416 e. The summed E-state index contributed by atoms with van der Waals surface area (Å²) in [6.07, 6.45) is -0.471. The molecule has 0 saturated heterocycles. The van der Waals surface area contributed by atoms with Gasteiger partial charge in [0.15, 0.2) is 5.13 Å². The lowest BCUT2D eigenvalue weighted by Gasteiger charge is -2.13. The van der Waals surface area contributed by atoms with E-state index in [0.717, 1.165) is 33.3 Å². The number of nitrogens with two attached hydrogens (primary N) is 1. The maximum atomic E-state index is 14.7. The average molecular weight is 523 g/mol. The number of hydrogen-bond donors (Lipinski definition) is 2. The first kappa shape index (κ1) is 24.9. The first-order valence-electron chi connectivity index (χ1n) is 11.5. The van der Waals surface area contributed by atoms with E-state index in [0.29, 0.717) is 34.9 Å². The Morgan fingerprint density at radius 1 is 0.946 bits per heavy atom. The molecule has 0 radical (unpaired) electrons. The average Bonchev–Trinajstić information content (AvgIpc) is 3.31. The minimum atomic E-state index is -4.37. The van der Waals surface area contributed by atoms with Gasteiger partial charge in [0.1, 0.15) is 5.82 Å². The van der Waals surface area contributed by atoms with Gasteiger partial charge < -0.3 is 11.1 Å². The van der Waals surface area contributed by atoms with Gasteiger partial charge in [-0.2, -0.15) is 13.2 Å². The Balaban J connectivity index is 1.38. The SMILES string of the molecule is N[C@@H](CNc1nc(-c2ccccc2F)c(-c2ccc3cnccc3c2)s1)Cc1ccc(C(F)(F)F)cc1. The molecule has 0 saturated carbocycles. The van der Waals surface area contributed by atoms with Crippen molar-refractivity contribution in [2.24, 2.45) is 5.73 Å². The summed E-state index contributed by atoms with van der Waals surface area (Å²) in [7, 11) is 0. The van der Waals surface area contributed by atoms with Crippen LogP contribution in [0.4, 0.5) is 22.7 Å². The Hall–Kier alpha value is -3.82. The fourth-order valence-corrected chi connectivity index (χ4v) is 5.06. The molecule has 37 heavy (non-hydrogen) atoms.